The average molecular weight is 308 g/mol. The minimum absolute atomic E-state index is 0.0599. The second-order valence-electron chi connectivity index (χ2n) is 4.76. The Hall–Kier alpha value is -2.41. The van der Waals surface area contributed by atoms with E-state index in [1.165, 1.54) is 18.9 Å². The number of carboxylic acids is 1. The monoisotopic (exact) mass is 308 g/mol. The second kappa shape index (κ2) is 8.78. The van der Waals surface area contributed by atoms with Gasteiger partial charge in [-0.05, 0) is 17.7 Å². The van der Waals surface area contributed by atoms with Crippen molar-refractivity contribution in [1.29, 1.82) is 0 Å². The van der Waals surface area contributed by atoms with E-state index in [0.29, 0.717) is 11.3 Å². The van der Waals surface area contributed by atoms with Crippen molar-refractivity contribution in [2.45, 2.75) is 13.3 Å². The lowest BCUT2D eigenvalue weighted by Crippen LogP contribution is -2.38. The van der Waals surface area contributed by atoms with Gasteiger partial charge in [0, 0.05) is 26.3 Å². The lowest BCUT2D eigenvalue weighted by Gasteiger charge is -2.20. The first-order chi connectivity index (χ1) is 10.4. The summed E-state index contributed by atoms with van der Waals surface area (Å²) in [5.74, 6) is -1.58. The summed E-state index contributed by atoms with van der Waals surface area (Å²) in [6.45, 7) is 1.52. The Balaban J connectivity index is 2.75. The molecule has 0 aliphatic carbocycles. The molecule has 0 radical (unpaired) electrons. The van der Waals surface area contributed by atoms with Crippen LogP contribution in [-0.2, 0) is 25.5 Å². The molecule has 0 aliphatic rings. The highest BCUT2D eigenvalue weighted by atomic mass is 16.5. The van der Waals surface area contributed by atoms with Gasteiger partial charge >= 0.3 is 5.97 Å². The summed E-state index contributed by atoms with van der Waals surface area (Å²) in [6.07, 6.45) is 0.0599. The van der Waals surface area contributed by atoms with Crippen LogP contribution < -0.4 is 5.32 Å². The maximum atomic E-state index is 12.2. The Labute approximate surface area is 128 Å². The summed E-state index contributed by atoms with van der Waals surface area (Å²) >= 11 is 0. The number of nitrogens with one attached hydrogen (secondary N) is 1. The number of amides is 2. The fourth-order valence-electron chi connectivity index (χ4n) is 1.91. The van der Waals surface area contributed by atoms with Crippen molar-refractivity contribution in [1.82, 2.24) is 4.90 Å². The number of benzene rings is 1. The number of hydrogen-bond acceptors (Lipinski definition) is 4. The van der Waals surface area contributed by atoms with Crippen molar-refractivity contribution < 1.29 is 24.2 Å². The average Bonchev–Trinajstić information content (AvgIpc) is 2.42. The van der Waals surface area contributed by atoms with E-state index in [-0.39, 0.29) is 37.9 Å². The number of carbonyl (C=O) groups is 3. The summed E-state index contributed by atoms with van der Waals surface area (Å²) in [7, 11) is 1.49. The third kappa shape index (κ3) is 6.36. The molecule has 0 heterocycles. The zero-order valence-corrected chi connectivity index (χ0v) is 12.7. The topological polar surface area (TPSA) is 95.9 Å². The van der Waals surface area contributed by atoms with E-state index in [0.717, 1.165) is 0 Å². The van der Waals surface area contributed by atoms with E-state index < -0.39 is 5.97 Å². The Morgan fingerprint density at radius 1 is 1.32 bits per heavy atom. The second-order valence-corrected chi connectivity index (χ2v) is 4.76. The quantitative estimate of drug-likeness (QED) is 0.738. The van der Waals surface area contributed by atoms with Crippen LogP contribution in [0.1, 0.15) is 12.5 Å². The number of carbonyl (C=O) groups excluding carboxylic acids is 2. The van der Waals surface area contributed by atoms with Gasteiger partial charge < -0.3 is 20.1 Å². The van der Waals surface area contributed by atoms with Gasteiger partial charge in [0.25, 0.3) is 0 Å². The van der Waals surface area contributed by atoms with Gasteiger partial charge in [0.05, 0.1) is 13.0 Å². The van der Waals surface area contributed by atoms with Crippen molar-refractivity contribution in [3.63, 3.8) is 0 Å². The highest BCUT2D eigenvalue weighted by Gasteiger charge is 2.17. The first-order valence-electron chi connectivity index (χ1n) is 6.77. The third-order valence-corrected chi connectivity index (χ3v) is 2.85. The van der Waals surface area contributed by atoms with Crippen molar-refractivity contribution in [3.05, 3.63) is 29.8 Å². The molecule has 0 atom stereocenters. The van der Waals surface area contributed by atoms with Crippen LogP contribution >= 0.6 is 0 Å². The normalized spacial score (nSPS) is 10.1. The largest absolute Gasteiger partial charge is 0.480 e. The molecule has 7 nitrogen and oxygen atoms in total. The zero-order valence-electron chi connectivity index (χ0n) is 12.7. The Morgan fingerprint density at radius 3 is 2.64 bits per heavy atom. The van der Waals surface area contributed by atoms with Crippen LogP contribution in [0, 0.1) is 0 Å². The minimum Gasteiger partial charge on any atom is -0.480 e. The van der Waals surface area contributed by atoms with Crippen molar-refractivity contribution >= 4 is 23.5 Å². The van der Waals surface area contributed by atoms with Gasteiger partial charge in [0.15, 0.2) is 0 Å². The molecule has 0 bridgehead atoms. The predicted octanol–water partition coefficient (Wildman–Crippen LogP) is 0.747. The molecular weight excluding hydrogens is 288 g/mol. The smallest absolute Gasteiger partial charge is 0.323 e. The van der Waals surface area contributed by atoms with E-state index >= 15 is 0 Å². The molecule has 0 fully saturated rings. The number of rotatable bonds is 8. The van der Waals surface area contributed by atoms with Gasteiger partial charge in [-0.2, -0.15) is 0 Å². The zero-order chi connectivity index (χ0) is 16.5. The highest BCUT2D eigenvalue weighted by Crippen LogP contribution is 2.12. The van der Waals surface area contributed by atoms with Crippen molar-refractivity contribution in [3.8, 4) is 0 Å². The molecule has 7 heteroatoms. The molecule has 0 aromatic heterocycles. The van der Waals surface area contributed by atoms with Gasteiger partial charge in [0.2, 0.25) is 11.8 Å². The maximum Gasteiger partial charge on any atom is 0.323 e. The SMILES string of the molecule is COCCN(CC(=O)O)C(=O)Cc1cccc(NC(C)=O)c1. The lowest BCUT2D eigenvalue weighted by atomic mass is 10.1. The molecule has 1 aromatic rings. The van der Waals surface area contributed by atoms with E-state index in [1.807, 2.05) is 0 Å². The van der Waals surface area contributed by atoms with E-state index in [1.54, 1.807) is 24.3 Å². The lowest BCUT2D eigenvalue weighted by molar-refractivity contribution is -0.144. The van der Waals surface area contributed by atoms with E-state index in [9.17, 15) is 14.4 Å². The number of hydrogen-bond donors (Lipinski definition) is 2. The Bertz CT molecular complexity index is 544. The number of aliphatic carboxylic acids is 1. The molecule has 0 saturated carbocycles. The number of anilines is 1. The van der Waals surface area contributed by atoms with Crippen LogP contribution in [0.3, 0.4) is 0 Å². The van der Waals surface area contributed by atoms with E-state index in [2.05, 4.69) is 5.32 Å². The van der Waals surface area contributed by atoms with Gasteiger partial charge in [-0.1, -0.05) is 12.1 Å². The molecule has 0 saturated heterocycles. The first-order valence-corrected chi connectivity index (χ1v) is 6.77. The standard InChI is InChI=1S/C15H20N2O5/c1-11(18)16-13-5-3-4-12(8-13)9-14(19)17(6-7-22-2)10-15(20)21/h3-5,8H,6-7,9-10H2,1-2H3,(H,16,18)(H,20,21). The summed E-state index contributed by atoms with van der Waals surface area (Å²) in [5, 5.41) is 11.5. The Kier molecular flexibility index (Phi) is 7.04. The number of carboxylic acid groups (broad SMARTS) is 1. The molecule has 22 heavy (non-hydrogen) atoms. The molecule has 120 valence electrons. The molecule has 2 amide bonds. The van der Waals surface area contributed by atoms with Crippen LogP contribution in [-0.4, -0.2) is 54.6 Å². The minimum atomic E-state index is -1.07. The van der Waals surface area contributed by atoms with Crippen molar-refractivity contribution in [2.75, 3.05) is 32.1 Å². The van der Waals surface area contributed by atoms with Gasteiger partial charge in [-0.25, -0.2) is 0 Å². The predicted molar refractivity (Wildman–Crippen MR) is 80.5 cm³/mol. The van der Waals surface area contributed by atoms with Gasteiger partial charge in [0.1, 0.15) is 6.54 Å². The molecule has 0 spiro atoms. The highest BCUT2D eigenvalue weighted by molar-refractivity contribution is 5.89. The molecule has 0 unspecified atom stereocenters. The molecule has 1 rings (SSSR count). The fourth-order valence-corrected chi connectivity index (χ4v) is 1.91. The Morgan fingerprint density at radius 2 is 2.05 bits per heavy atom. The van der Waals surface area contributed by atoms with Gasteiger partial charge in [-0.3, -0.25) is 14.4 Å². The fraction of sp³-hybridized carbons (Fsp3) is 0.400. The van der Waals surface area contributed by atoms with Gasteiger partial charge in [-0.15, -0.1) is 0 Å². The summed E-state index contributed by atoms with van der Waals surface area (Å²) in [6, 6.07) is 6.88. The number of ether oxygens (including phenoxy) is 1. The van der Waals surface area contributed by atoms with Crippen LogP contribution in [0.5, 0.6) is 0 Å². The molecule has 1 aromatic carbocycles. The third-order valence-electron chi connectivity index (χ3n) is 2.85. The summed E-state index contributed by atoms with van der Waals surface area (Å²) in [5.41, 5.74) is 1.29. The first kappa shape index (κ1) is 17.6. The molecular formula is C15H20N2O5. The van der Waals surface area contributed by atoms with Crippen LogP contribution in [0.4, 0.5) is 5.69 Å². The van der Waals surface area contributed by atoms with E-state index in [4.69, 9.17) is 9.84 Å². The van der Waals surface area contributed by atoms with Crippen LogP contribution in [0.25, 0.3) is 0 Å². The van der Waals surface area contributed by atoms with Crippen LogP contribution in [0.2, 0.25) is 0 Å². The van der Waals surface area contributed by atoms with Crippen LogP contribution in [0.15, 0.2) is 24.3 Å². The maximum absolute atomic E-state index is 12.2. The summed E-state index contributed by atoms with van der Waals surface area (Å²) in [4.78, 5) is 35.3. The molecule has 2 N–H and O–H groups in total. The number of methoxy groups -OCH3 is 1. The number of nitrogens with zero attached hydrogens (tertiary/aromatic N) is 1. The van der Waals surface area contributed by atoms with Crippen molar-refractivity contribution in [2.24, 2.45) is 0 Å². The molecule has 0 aliphatic heterocycles. The summed E-state index contributed by atoms with van der Waals surface area (Å²) < 4.78 is 4.88.